The van der Waals surface area contributed by atoms with Crippen LogP contribution in [0.25, 0.3) is 0 Å². The molecule has 0 aliphatic heterocycles. The lowest BCUT2D eigenvalue weighted by molar-refractivity contribution is 0.396. The Morgan fingerprint density at radius 1 is 1.70 bits per heavy atom. The number of anilines is 1. The van der Waals surface area contributed by atoms with Gasteiger partial charge in [-0.2, -0.15) is 0 Å². The normalized spacial score (nSPS) is 9.30. The first-order valence-electron chi connectivity index (χ1n) is 2.72. The topological polar surface area (TPSA) is 68.4 Å². The Labute approximate surface area is 58.3 Å². The van der Waals surface area contributed by atoms with Crippen LogP contribution in [0.4, 0.5) is 5.69 Å². The van der Waals surface area contributed by atoms with Crippen LogP contribution in [0.15, 0.2) is 12.3 Å². The Bertz CT molecular complexity index is 237. The lowest BCUT2D eigenvalue weighted by Crippen LogP contribution is -1.93. The van der Waals surface area contributed by atoms with E-state index in [1.165, 1.54) is 19.4 Å². The predicted octanol–water partition coefficient (Wildman–Crippen LogP) is 0.378. The molecule has 0 atom stereocenters. The number of rotatable bonds is 1. The lowest BCUT2D eigenvalue weighted by Gasteiger charge is -2.01. The van der Waals surface area contributed by atoms with Gasteiger partial charge in [-0.15, -0.1) is 0 Å². The van der Waals surface area contributed by atoms with Gasteiger partial charge in [-0.3, -0.25) is 0 Å². The molecule has 0 saturated heterocycles. The molecule has 4 nitrogen and oxygen atoms in total. The van der Waals surface area contributed by atoms with Gasteiger partial charge in [0.25, 0.3) is 0 Å². The van der Waals surface area contributed by atoms with Crippen molar-refractivity contribution in [1.29, 1.82) is 0 Å². The zero-order valence-corrected chi connectivity index (χ0v) is 5.53. The van der Waals surface area contributed by atoms with Crippen LogP contribution in [-0.4, -0.2) is 17.2 Å². The summed E-state index contributed by atoms with van der Waals surface area (Å²) in [7, 11) is 1.47. The standard InChI is InChI=1S/C6H8N2O2/c1-10-6-5(7)2-4(9)3-8-6/h2-3,9H,7H2,1H3. The minimum atomic E-state index is 0.0401. The second-order valence-corrected chi connectivity index (χ2v) is 1.79. The van der Waals surface area contributed by atoms with E-state index in [1.54, 1.807) is 0 Å². The zero-order valence-electron chi connectivity index (χ0n) is 5.53. The van der Waals surface area contributed by atoms with E-state index in [4.69, 9.17) is 15.6 Å². The van der Waals surface area contributed by atoms with Crippen LogP contribution < -0.4 is 10.5 Å². The number of nitrogens with two attached hydrogens (primary N) is 1. The van der Waals surface area contributed by atoms with E-state index in [0.29, 0.717) is 11.6 Å². The van der Waals surface area contributed by atoms with Crippen molar-refractivity contribution in [2.75, 3.05) is 12.8 Å². The Morgan fingerprint density at radius 3 is 2.90 bits per heavy atom. The highest BCUT2D eigenvalue weighted by molar-refractivity contribution is 5.50. The third-order valence-corrected chi connectivity index (χ3v) is 1.06. The highest BCUT2D eigenvalue weighted by Crippen LogP contribution is 2.20. The molecule has 0 radical (unpaired) electrons. The molecule has 1 aromatic rings. The quantitative estimate of drug-likeness (QED) is 0.591. The van der Waals surface area contributed by atoms with E-state index in [2.05, 4.69) is 4.98 Å². The fourth-order valence-electron chi connectivity index (χ4n) is 0.628. The van der Waals surface area contributed by atoms with Crippen molar-refractivity contribution in [3.05, 3.63) is 12.3 Å². The molecule has 4 heteroatoms. The third-order valence-electron chi connectivity index (χ3n) is 1.06. The summed E-state index contributed by atoms with van der Waals surface area (Å²) in [6.45, 7) is 0. The van der Waals surface area contributed by atoms with Crippen molar-refractivity contribution in [1.82, 2.24) is 4.98 Å². The minimum absolute atomic E-state index is 0.0401. The van der Waals surface area contributed by atoms with Crippen molar-refractivity contribution in [3.8, 4) is 11.6 Å². The van der Waals surface area contributed by atoms with Gasteiger partial charge in [0.1, 0.15) is 5.75 Å². The first kappa shape index (κ1) is 6.67. The molecular weight excluding hydrogens is 132 g/mol. The summed E-state index contributed by atoms with van der Waals surface area (Å²) in [6.07, 6.45) is 1.27. The summed E-state index contributed by atoms with van der Waals surface area (Å²) in [4.78, 5) is 3.70. The minimum Gasteiger partial charge on any atom is -0.506 e. The fourth-order valence-corrected chi connectivity index (χ4v) is 0.628. The molecule has 1 aromatic heterocycles. The van der Waals surface area contributed by atoms with Gasteiger partial charge in [0.2, 0.25) is 5.88 Å². The molecule has 0 bridgehead atoms. The Balaban J connectivity index is 3.07. The number of ether oxygens (including phenoxy) is 1. The highest BCUT2D eigenvalue weighted by atomic mass is 16.5. The summed E-state index contributed by atoms with van der Waals surface area (Å²) in [5.74, 6) is 0.371. The first-order chi connectivity index (χ1) is 4.74. The molecule has 0 aromatic carbocycles. The van der Waals surface area contributed by atoms with E-state index < -0.39 is 0 Å². The second-order valence-electron chi connectivity index (χ2n) is 1.79. The molecule has 3 N–H and O–H groups in total. The average molecular weight is 140 g/mol. The SMILES string of the molecule is COc1ncc(O)cc1N. The number of aromatic nitrogens is 1. The number of nitrogen functional groups attached to an aromatic ring is 1. The predicted molar refractivity (Wildman–Crippen MR) is 36.9 cm³/mol. The monoisotopic (exact) mass is 140 g/mol. The smallest absolute Gasteiger partial charge is 0.237 e. The van der Waals surface area contributed by atoms with Crippen molar-refractivity contribution in [2.24, 2.45) is 0 Å². The van der Waals surface area contributed by atoms with Gasteiger partial charge in [0.05, 0.1) is 19.0 Å². The van der Waals surface area contributed by atoms with Crippen LogP contribution in [0.5, 0.6) is 11.6 Å². The van der Waals surface area contributed by atoms with E-state index in [9.17, 15) is 0 Å². The van der Waals surface area contributed by atoms with Crippen LogP contribution in [0.1, 0.15) is 0 Å². The van der Waals surface area contributed by atoms with Crippen LogP contribution in [0.2, 0.25) is 0 Å². The Hall–Kier alpha value is -1.45. The van der Waals surface area contributed by atoms with Gasteiger partial charge in [-0.05, 0) is 0 Å². The van der Waals surface area contributed by atoms with Gasteiger partial charge in [0.15, 0.2) is 0 Å². The van der Waals surface area contributed by atoms with E-state index in [0.717, 1.165) is 0 Å². The number of nitrogens with zero attached hydrogens (tertiary/aromatic N) is 1. The molecule has 0 unspecified atom stereocenters. The average Bonchev–Trinajstić information content (AvgIpc) is 1.88. The molecule has 0 amide bonds. The summed E-state index contributed by atoms with van der Waals surface area (Å²) >= 11 is 0. The van der Waals surface area contributed by atoms with Crippen LogP contribution in [-0.2, 0) is 0 Å². The molecule has 1 heterocycles. The van der Waals surface area contributed by atoms with E-state index in [-0.39, 0.29) is 5.75 Å². The van der Waals surface area contributed by atoms with Crippen molar-refractivity contribution >= 4 is 5.69 Å². The van der Waals surface area contributed by atoms with E-state index in [1.807, 2.05) is 0 Å². The van der Waals surface area contributed by atoms with Gasteiger partial charge in [-0.1, -0.05) is 0 Å². The molecular formula is C6H8N2O2. The molecule has 0 saturated carbocycles. The molecule has 54 valence electrons. The van der Waals surface area contributed by atoms with Crippen molar-refractivity contribution < 1.29 is 9.84 Å². The molecule has 0 spiro atoms. The van der Waals surface area contributed by atoms with Crippen molar-refractivity contribution in [3.63, 3.8) is 0 Å². The zero-order chi connectivity index (χ0) is 7.56. The largest absolute Gasteiger partial charge is 0.506 e. The molecule has 1 rings (SSSR count). The highest BCUT2D eigenvalue weighted by Gasteiger charge is 1.99. The second kappa shape index (κ2) is 2.43. The maximum absolute atomic E-state index is 8.83. The molecule has 0 fully saturated rings. The first-order valence-corrected chi connectivity index (χ1v) is 2.72. The summed E-state index contributed by atoms with van der Waals surface area (Å²) in [6, 6.07) is 1.38. The number of hydrogen-bond acceptors (Lipinski definition) is 4. The Morgan fingerprint density at radius 2 is 2.40 bits per heavy atom. The summed E-state index contributed by atoms with van der Waals surface area (Å²) in [5, 5.41) is 8.83. The van der Waals surface area contributed by atoms with E-state index >= 15 is 0 Å². The lowest BCUT2D eigenvalue weighted by atomic mass is 10.4. The van der Waals surface area contributed by atoms with Gasteiger partial charge in [-0.25, -0.2) is 4.98 Å². The third kappa shape index (κ3) is 1.10. The van der Waals surface area contributed by atoms with Gasteiger partial charge < -0.3 is 15.6 Å². The van der Waals surface area contributed by atoms with Crippen LogP contribution >= 0.6 is 0 Å². The maximum Gasteiger partial charge on any atom is 0.237 e. The van der Waals surface area contributed by atoms with Gasteiger partial charge in [0, 0.05) is 6.07 Å². The van der Waals surface area contributed by atoms with Crippen LogP contribution in [0.3, 0.4) is 0 Å². The van der Waals surface area contributed by atoms with Crippen LogP contribution in [0, 0.1) is 0 Å². The van der Waals surface area contributed by atoms with Gasteiger partial charge >= 0.3 is 0 Å². The number of methoxy groups -OCH3 is 1. The maximum atomic E-state index is 8.83. The molecule has 0 aliphatic rings. The summed E-state index contributed by atoms with van der Waals surface area (Å²) in [5.41, 5.74) is 5.72. The molecule has 10 heavy (non-hydrogen) atoms. The molecule has 0 aliphatic carbocycles. The summed E-state index contributed by atoms with van der Waals surface area (Å²) < 4.78 is 4.75. The Kier molecular flexibility index (Phi) is 1.62. The number of aromatic hydroxyl groups is 1. The number of hydrogen-bond donors (Lipinski definition) is 2. The number of pyridine rings is 1. The fraction of sp³-hybridized carbons (Fsp3) is 0.167. The van der Waals surface area contributed by atoms with Crippen molar-refractivity contribution in [2.45, 2.75) is 0 Å².